The molecular formula is C15H26N2O3. The predicted molar refractivity (Wildman–Crippen MR) is 75.4 cm³/mol. The van der Waals surface area contributed by atoms with E-state index in [2.05, 4.69) is 10.6 Å². The molecule has 1 spiro atoms. The van der Waals surface area contributed by atoms with Crippen LogP contribution in [0.4, 0.5) is 0 Å². The van der Waals surface area contributed by atoms with Crippen LogP contribution in [0.1, 0.15) is 32.1 Å². The summed E-state index contributed by atoms with van der Waals surface area (Å²) < 4.78 is 11.6. The van der Waals surface area contributed by atoms with Crippen molar-refractivity contribution >= 4 is 5.91 Å². The number of ether oxygens (including phenoxy) is 2. The van der Waals surface area contributed by atoms with Crippen LogP contribution in [0.5, 0.6) is 0 Å². The van der Waals surface area contributed by atoms with E-state index < -0.39 is 0 Å². The number of carbonyl (C=O) groups excluding carboxylic acids is 1. The van der Waals surface area contributed by atoms with Crippen molar-refractivity contribution in [1.82, 2.24) is 10.6 Å². The average Bonchev–Trinajstić information content (AvgIpc) is 2.94. The summed E-state index contributed by atoms with van der Waals surface area (Å²) >= 11 is 0. The van der Waals surface area contributed by atoms with Crippen molar-refractivity contribution in [3.8, 4) is 0 Å². The van der Waals surface area contributed by atoms with E-state index in [1.807, 2.05) is 0 Å². The standard InChI is InChI=1S/C15H26N2O3/c1-16-14(18)13-8-11(2-5-17-13)12-3-6-20-15(9-12)4-7-19-10-15/h11-13,17H,2-10H2,1H3,(H,16,18). The van der Waals surface area contributed by atoms with E-state index in [0.29, 0.717) is 11.8 Å². The van der Waals surface area contributed by atoms with Crippen LogP contribution >= 0.6 is 0 Å². The Labute approximate surface area is 120 Å². The first-order valence-corrected chi connectivity index (χ1v) is 7.89. The minimum absolute atomic E-state index is 0.0163. The van der Waals surface area contributed by atoms with Gasteiger partial charge in [0.25, 0.3) is 0 Å². The first kappa shape index (κ1) is 14.3. The lowest BCUT2D eigenvalue weighted by Crippen LogP contribution is -2.50. The molecular weight excluding hydrogens is 256 g/mol. The monoisotopic (exact) mass is 282 g/mol. The average molecular weight is 282 g/mol. The Morgan fingerprint density at radius 1 is 1.30 bits per heavy atom. The van der Waals surface area contributed by atoms with Gasteiger partial charge >= 0.3 is 0 Å². The third-order valence-electron chi connectivity index (χ3n) is 5.27. The van der Waals surface area contributed by atoms with E-state index in [0.717, 1.165) is 52.0 Å². The molecule has 3 saturated heterocycles. The van der Waals surface area contributed by atoms with Crippen LogP contribution < -0.4 is 10.6 Å². The Kier molecular flexibility index (Phi) is 4.29. The topological polar surface area (TPSA) is 59.6 Å². The fourth-order valence-corrected chi connectivity index (χ4v) is 4.08. The minimum atomic E-state index is -0.0176. The van der Waals surface area contributed by atoms with E-state index in [1.54, 1.807) is 7.05 Å². The molecule has 3 heterocycles. The van der Waals surface area contributed by atoms with Crippen LogP contribution in [-0.4, -0.2) is 51.0 Å². The van der Waals surface area contributed by atoms with Gasteiger partial charge in [-0.1, -0.05) is 0 Å². The van der Waals surface area contributed by atoms with Gasteiger partial charge < -0.3 is 20.1 Å². The highest BCUT2D eigenvalue weighted by Gasteiger charge is 2.43. The maximum Gasteiger partial charge on any atom is 0.236 e. The van der Waals surface area contributed by atoms with Crippen molar-refractivity contribution in [2.45, 2.75) is 43.7 Å². The molecule has 0 aromatic rings. The molecule has 5 nitrogen and oxygen atoms in total. The fourth-order valence-electron chi connectivity index (χ4n) is 4.08. The van der Waals surface area contributed by atoms with Crippen molar-refractivity contribution < 1.29 is 14.3 Å². The van der Waals surface area contributed by atoms with E-state index >= 15 is 0 Å². The minimum Gasteiger partial charge on any atom is -0.378 e. The molecule has 0 aromatic heterocycles. The van der Waals surface area contributed by atoms with Crippen molar-refractivity contribution in [3.63, 3.8) is 0 Å². The molecule has 0 saturated carbocycles. The van der Waals surface area contributed by atoms with Gasteiger partial charge in [-0.2, -0.15) is 0 Å². The molecule has 5 heteroatoms. The lowest BCUT2D eigenvalue weighted by Gasteiger charge is -2.42. The van der Waals surface area contributed by atoms with E-state index in [4.69, 9.17) is 9.47 Å². The number of amides is 1. The summed E-state index contributed by atoms with van der Waals surface area (Å²) in [5, 5.41) is 6.09. The SMILES string of the molecule is CNC(=O)C1CC(C2CCOC3(CCOC3)C2)CCN1. The maximum atomic E-state index is 11.8. The van der Waals surface area contributed by atoms with Crippen LogP contribution in [0.3, 0.4) is 0 Å². The number of likely N-dealkylation sites (N-methyl/N-ethyl adjacent to an activating group) is 1. The van der Waals surface area contributed by atoms with Crippen LogP contribution in [0.2, 0.25) is 0 Å². The number of hydrogen-bond donors (Lipinski definition) is 2. The second kappa shape index (κ2) is 6.00. The van der Waals surface area contributed by atoms with Crippen molar-refractivity contribution in [2.75, 3.05) is 33.4 Å². The number of piperidine rings is 1. The molecule has 0 aliphatic carbocycles. The number of rotatable bonds is 2. The fraction of sp³-hybridized carbons (Fsp3) is 0.933. The molecule has 3 fully saturated rings. The van der Waals surface area contributed by atoms with Crippen LogP contribution in [0.15, 0.2) is 0 Å². The lowest BCUT2D eigenvalue weighted by molar-refractivity contribution is -0.125. The van der Waals surface area contributed by atoms with Crippen LogP contribution in [0.25, 0.3) is 0 Å². The highest BCUT2D eigenvalue weighted by molar-refractivity contribution is 5.81. The third kappa shape index (κ3) is 2.85. The quantitative estimate of drug-likeness (QED) is 0.782. The molecule has 1 amide bonds. The molecule has 3 aliphatic rings. The summed E-state index contributed by atoms with van der Waals surface area (Å²) in [6.07, 6.45) is 5.41. The summed E-state index contributed by atoms with van der Waals surface area (Å²) in [5.74, 6) is 1.44. The Balaban J connectivity index is 1.61. The lowest BCUT2D eigenvalue weighted by atomic mass is 9.73. The van der Waals surface area contributed by atoms with Crippen molar-refractivity contribution in [2.24, 2.45) is 11.8 Å². The summed E-state index contributed by atoms with van der Waals surface area (Å²) in [6, 6.07) is -0.0163. The third-order valence-corrected chi connectivity index (χ3v) is 5.27. The largest absolute Gasteiger partial charge is 0.378 e. The molecule has 114 valence electrons. The summed E-state index contributed by atoms with van der Waals surface area (Å²) in [6.45, 7) is 3.39. The molecule has 3 rings (SSSR count). The molecule has 20 heavy (non-hydrogen) atoms. The normalized spacial score (nSPS) is 41.8. The van der Waals surface area contributed by atoms with Crippen LogP contribution in [-0.2, 0) is 14.3 Å². The van der Waals surface area contributed by atoms with Gasteiger partial charge in [0, 0.05) is 26.7 Å². The second-order valence-corrected chi connectivity index (χ2v) is 6.49. The molecule has 4 atom stereocenters. The zero-order valence-corrected chi connectivity index (χ0v) is 12.3. The summed E-state index contributed by atoms with van der Waals surface area (Å²) in [5.41, 5.74) is -0.0176. The molecule has 4 unspecified atom stereocenters. The Bertz CT molecular complexity index is 355. The number of carbonyl (C=O) groups is 1. The predicted octanol–water partition coefficient (Wildman–Crippen LogP) is 0.686. The van der Waals surface area contributed by atoms with Gasteiger partial charge in [0.15, 0.2) is 0 Å². The Morgan fingerprint density at radius 3 is 2.95 bits per heavy atom. The first-order valence-electron chi connectivity index (χ1n) is 7.89. The van der Waals surface area contributed by atoms with Crippen LogP contribution in [0, 0.1) is 11.8 Å². The zero-order chi connectivity index (χ0) is 14.0. The molecule has 0 aromatic carbocycles. The smallest absolute Gasteiger partial charge is 0.236 e. The Hall–Kier alpha value is -0.650. The number of nitrogens with one attached hydrogen (secondary N) is 2. The van der Waals surface area contributed by atoms with Gasteiger partial charge in [0.2, 0.25) is 5.91 Å². The highest BCUT2D eigenvalue weighted by atomic mass is 16.6. The summed E-state index contributed by atoms with van der Waals surface area (Å²) in [7, 11) is 1.72. The van der Waals surface area contributed by atoms with Crippen molar-refractivity contribution in [1.29, 1.82) is 0 Å². The van der Waals surface area contributed by atoms with Gasteiger partial charge in [0.1, 0.15) is 0 Å². The first-order chi connectivity index (χ1) is 9.72. The summed E-state index contributed by atoms with van der Waals surface area (Å²) in [4.78, 5) is 11.8. The second-order valence-electron chi connectivity index (χ2n) is 6.49. The maximum absolute atomic E-state index is 11.8. The van der Waals surface area contributed by atoms with Crippen molar-refractivity contribution in [3.05, 3.63) is 0 Å². The highest BCUT2D eigenvalue weighted by Crippen LogP contribution is 2.41. The van der Waals surface area contributed by atoms with E-state index in [9.17, 15) is 4.79 Å². The molecule has 0 bridgehead atoms. The van der Waals surface area contributed by atoms with Gasteiger partial charge in [-0.3, -0.25) is 4.79 Å². The molecule has 2 N–H and O–H groups in total. The van der Waals surface area contributed by atoms with Gasteiger partial charge in [-0.05, 0) is 44.1 Å². The molecule has 0 radical (unpaired) electrons. The van der Waals surface area contributed by atoms with Gasteiger partial charge in [-0.15, -0.1) is 0 Å². The zero-order valence-electron chi connectivity index (χ0n) is 12.3. The Morgan fingerprint density at radius 2 is 2.20 bits per heavy atom. The van der Waals surface area contributed by atoms with E-state index in [-0.39, 0.29) is 17.6 Å². The van der Waals surface area contributed by atoms with E-state index in [1.165, 1.54) is 6.42 Å². The molecule has 3 aliphatic heterocycles. The van der Waals surface area contributed by atoms with Gasteiger partial charge in [-0.25, -0.2) is 0 Å². The number of hydrogen-bond acceptors (Lipinski definition) is 4. The van der Waals surface area contributed by atoms with Gasteiger partial charge in [0.05, 0.1) is 18.2 Å².